The first-order valence-electron chi connectivity index (χ1n) is 6.45. The Labute approximate surface area is 113 Å². The molecule has 4 heteroatoms. The Kier molecular flexibility index (Phi) is 4.34. The van der Waals surface area contributed by atoms with E-state index in [2.05, 4.69) is 12.0 Å². The molecule has 2 aromatic rings. The maximum absolute atomic E-state index is 7.29. The summed E-state index contributed by atoms with van der Waals surface area (Å²) in [7, 11) is 1.90. The predicted molar refractivity (Wildman–Crippen MR) is 76.7 cm³/mol. The Balaban J connectivity index is 2.09. The van der Waals surface area contributed by atoms with Crippen LogP contribution in [0, 0.1) is 11.3 Å². The first kappa shape index (κ1) is 13.3. The van der Waals surface area contributed by atoms with Crippen LogP contribution in [0.25, 0.3) is 11.1 Å². The van der Waals surface area contributed by atoms with Gasteiger partial charge in [0.2, 0.25) is 0 Å². The van der Waals surface area contributed by atoms with Crippen LogP contribution in [0.2, 0.25) is 0 Å². The summed E-state index contributed by atoms with van der Waals surface area (Å²) in [5, 5.41) is 11.5. The fraction of sp³-hybridized carbons (Fsp3) is 0.333. The summed E-state index contributed by atoms with van der Waals surface area (Å²) in [6, 6.07) is 7.96. The number of hydrogen-bond donors (Lipinski definition) is 1. The maximum Gasteiger partial charge on any atom is 0.119 e. The molecule has 2 rings (SSSR count). The fourth-order valence-electron chi connectivity index (χ4n) is 1.82. The summed E-state index contributed by atoms with van der Waals surface area (Å²) in [4.78, 5) is 0. The molecule has 1 aromatic heterocycles. The van der Waals surface area contributed by atoms with Crippen molar-refractivity contribution in [1.29, 1.82) is 5.41 Å². The van der Waals surface area contributed by atoms with Crippen molar-refractivity contribution in [3.8, 4) is 16.9 Å². The van der Waals surface area contributed by atoms with Gasteiger partial charge in [0.1, 0.15) is 5.75 Å². The van der Waals surface area contributed by atoms with Crippen molar-refractivity contribution in [2.45, 2.75) is 13.3 Å². The smallest absolute Gasteiger partial charge is 0.119 e. The number of nitrogens with one attached hydrogen (secondary N) is 1. The zero-order chi connectivity index (χ0) is 13.7. The van der Waals surface area contributed by atoms with Crippen molar-refractivity contribution >= 4 is 6.21 Å². The van der Waals surface area contributed by atoms with Crippen molar-refractivity contribution in [2.75, 3.05) is 6.61 Å². The van der Waals surface area contributed by atoms with Gasteiger partial charge in [0.25, 0.3) is 0 Å². The molecule has 4 nitrogen and oxygen atoms in total. The molecule has 0 saturated carbocycles. The molecule has 0 radical (unpaired) electrons. The lowest BCUT2D eigenvalue weighted by Gasteiger charge is -2.11. The summed E-state index contributed by atoms with van der Waals surface area (Å²) < 4.78 is 7.52. The zero-order valence-electron chi connectivity index (χ0n) is 11.3. The summed E-state index contributed by atoms with van der Waals surface area (Å²) in [5.41, 5.74) is 2.17. The van der Waals surface area contributed by atoms with Crippen LogP contribution < -0.4 is 4.74 Å². The third-order valence-corrected chi connectivity index (χ3v) is 3.10. The molecule has 0 fully saturated rings. The van der Waals surface area contributed by atoms with Gasteiger partial charge in [0.15, 0.2) is 0 Å². The SMILES string of the molecule is CCC(C=N)COc1cccc(-c2cnn(C)c2)c1. The quantitative estimate of drug-likeness (QED) is 0.808. The van der Waals surface area contributed by atoms with Gasteiger partial charge in [-0.3, -0.25) is 4.68 Å². The normalized spacial score (nSPS) is 12.1. The van der Waals surface area contributed by atoms with Gasteiger partial charge in [-0.2, -0.15) is 5.10 Å². The van der Waals surface area contributed by atoms with E-state index in [-0.39, 0.29) is 5.92 Å². The Hall–Kier alpha value is -2.10. The topological polar surface area (TPSA) is 50.9 Å². The molecular weight excluding hydrogens is 238 g/mol. The zero-order valence-corrected chi connectivity index (χ0v) is 11.3. The second-order valence-corrected chi connectivity index (χ2v) is 4.58. The Morgan fingerprint density at radius 1 is 1.42 bits per heavy atom. The minimum Gasteiger partial charge on any atom is -0.493 e. The third kappa shape index (κ3) is 3.44. The number of aromatic nitrogens is 2. The Bertz CT molecular complexity index is 548. The molecule has 100 valence electrons. The molecule has 0 spiro atoms. The number of aryl methyl sites for hydroxylation is 1. The van der Waals surface area contributed by atoms with Crippen molar-refractivity contribution in [3.05, 3.63) is 36.7 Å². The second-order valence-electron chi connectivity index (χ2n) is 4.58. The number of nitrogens with zero attached hydrogens (tertiary/aromatic N) is 2. The summed E-state index contributed by atoms with van der Waals surface area (Å²) >= 11 is 0. The molecule has 0 aliphatic carbocycles. The van der Waals surface area contributed by atoms with E-state index in [4.69, 9.17) is 10.1 Å². The van der Waals surface area contributed by atoms with Crippen LogP contribution in [0.4, 0.5) is 0 Å². The van der Waals surface area contributed by atoms with Gasteiger partial charge >= 0.3 is 0 Å². The molecule has 1 heterocycles. The number of ether oxygens (including phenoxy) is 1. The van der Waals surface area contributed by atoms with E-state index in [0.29, 0.717) is 6.61 Å². The van der Waals surface area contributed by atoms with Crippen molar-refractivity contribution < 1.29 is 4.74 Å². The first-order chi connectivity index (χ1) is 9.22. The Morgan fingerprint density at radius 3 is 2.89 bits per heavy atom. The van der Waals surface area contributed by atoms with Crippen LogP contribution in [0.15, 0.2) is 36.7 Å². The van der Waals surface area contributed by atoms with E-state index in [1.807, 2.05) is 43.7 Å². The van der Waals surface area contributed by atoms with E-state index in [0.717, 1.165) is 23.3 Å². The molecule has 0 amide bonds. The average Bonchev–Trinajstić information content (AvgIpc) is 2.87. The van der Waals surface area contributed by atoms with Crippen LogP contribution >= 0.6 is 0 Å². The predicted octanol–water partition coefficient (Wildman–Crippen LogP) is 3.14. The van der Waals surface area contributed by atoms with E-state index < -0.39 is 0 Å². The van der Waals surface area contributed by atoms with E-state index in [1.54, 1.807) is 4.68 Å². The van der Waals surface area contributed by atoms with Gasteiger partial charge in [0.05, 0.1) is 12.8 Å². The van der Waals surface area contributed by atoms with Crippen molar-refractivity contribution in [1.82, 2.24) is 9.78 Å². The highest BCUT2D eigenvalue weighted by Gasteiger charge is 2.05. The van der Waals surface area contributed by atoms with E-state index in [1.165, 1.54) is 6.21 Å². The molecule has 1 unspecified atom stereocenters. The van der Waals surface area contributed by atoms with E-state index in [9.17, 15) is 0 Å². The van der Waals surface area contributed by atoms with Crippen LogP contribution in [0.1, 0.15) is 13.3 Å². The summed E-state index contributed by atoms with van der Waals surface area (Å²) in [6.45, 7) is 2.61. The highest BCUT2D eigenvalue weighted by molar-refractivity contribution is 5.63. The molecule has 0 bridgehead atoms. The first-order valence-corrected chi connectivity index (χ1v) is 6.45. The standard InChI is InChI=1S/C15H19N3O/c1-3-12(8-16)11-19-15-6-4-5-13(7-15)14-9-17-18(2)10-14/h4-10,12,16H,3,11H2,1-2H3. The van der Waals surface area contributed by atoms with Crippen LogP contribution in [0.3, 0.4) is 0 Å². The third-order valence-electron chi connectivity index (χ3n) is 3.10. The van der Waals surface area contributed by atoms with Crippen LogP contribution in [-0.2, 0) is 7.05 Å². The Morgan fingerprint density at radius 2 is 2.26 bits per heavy atom. The molecule has 0 aliphatic rings. The lowest BCUT2D eigenvalue weighted by atomic mass is 10.1. The minimum atomic E-state index is 0.182. The van der Waals surface area contributed by atoms with Crippen molar-refractivity contribution in [2.24, 2.45) is 13.0 Å². The summed E-state index contributed by atoms with van der Waals surface area (Å²) in [5.74, 6) is 1.02. The highest BCUT2D eigenvalue weighted by Crippen LogP contribution is 2.23. The minimum absolute atomic E-state index is 0.182. The van der Waals surface area contributed by atoms with Crippen molar-refractivity contribution in [3.63, 3.8) is 0 Å². The summed E-state index contributed by atoms with van der Waals surface area (Å²) in [6.07, 6.45) is 6.19. The highest BCUT2D eigenvalue weighted by atomic mass is 16.5. The van der Waals surface area contributed by atoms with Crippen LogP contribution in [0.5, 0.6) is 5.75 Å². The van der Waals surface area contributed by atoms with Gasteiger partial charge < -0.3 is 10.1 Å². The largest absolute Gasteiger partial charge is 0.493 e. The maximum atomic E-state index is 7.29. The van der Waals surface area contributed by atoms with E-state index >= 15 is 0 Å². The molecule has 19 heavy (non-hydrogen) atoms. The number of rotatable bonds is 6. The van der Waals surface area contributed by atoms with Crippen LogP contribution in [-0.4, -0.2) is 22.6 Å². The molecule has 1 N–H and O–H groups in total. The van der Waals surface area contributed by atoms with Gasteiger partial charge in [-0.1, -0.05) is 19.1 Å². The van der Waals surface area contributed by atoms with Gasteiger partial charge in [-0.15, -0.1) is 0 Å². The monoisotopic (exact) mass is 257 g/mol. The lowest BCUT2D eigenvalue weighted by molar-refractivity contribution is 0.283. The molecule has 1 atom stereocenters. The molecule has 1 aromatic carbocycles. The van der Waals surface area contributed by atoms with Gasteiger partial charge in [0, 0.05) is 30.9 Å². The number of hydrogen-bond acceptors (Lipinski definition) is 3. The van der Waals surface area contributed by atoms with Gasteiger partial charge in [-0.25, -0.2) is 0 Å². The second kappa shape index (κ2) is 6.18. The fourth-order valence-corrected chi connectivity index (χ4v) is 1.82. The molecule has 0 saturated heterocycles. The average molecular weight is 257 g/mol. The van der Waals surface area contributed by atoms with Gasteiger partial charge in [-0.05, 0) is 24.1 Å². The molecular formula is C15H19N3O. The number of benzene rings is 1. The lowest BCUT2D eigenvalue weighted by Crippen LogP contribution is -2.11. The molecule has 0 aliphatic heterocycles.